The minimum Gasteiger partial charge on any atom is -0.490 e. The minimum atomic E-state index is -0.678. The first-order valence-electron chi connectivity index (χ1n) is 11.7. The van der Waals surface area contributed by atoms with Gasteiger partial charge in [0.05, 0.1) is 6.61 Å². The molecule has 8 heteroatoms. The summed E-state index contributed by atoms with van der Waals surface area (Å²) in [6.07, 6.45) is 6.94. The lowest BCUT2D eigenvalue weighted by Gasteiger charge is -2.13. The van der Waals surface area contributed by atoms with Crippen molar-refractivity contribution in [3.63, 3.8) is 0 Å². The summed E-state index contributed by atoms with van der Waals surface area (Å²) < 4.78 is 22.2. The highest BCUT2D eigenvalue weighted by atomic mass is 16.6. The average molecular weight is 477 g/mol. The van der Waals surface area contributed by atoms with Gasteiger partial charge in [-0.25, -0.2) is 9.78 Å². The maximum absolute atomic E-state index is 11.6. The first kappa shape index (κ1) is 24.1. The number of carbonyl (C=O) groups is 2. The van der Waals surface area contributed by atoms with Crippen LogP contribution in [0.3, 0.4) is 0 Å². The van der Waals surface area contributed by atoms with Gasteiger partial charge in [-0.2, -0.15) is 0 Å². The van der Waals surface area contributed by atoms with Crippen LogP contribution in [0.2, 0.25) is 0 Å². The van der Waals surface area contributed by atoms with E-state index in [0.717, 1.165) is 30.4 Å². The van der Waals surface area contributed by atoms with Gasteiger partial charge in [0.25, 0.3) is 5.91 Å². The molecule has 4 rings (SSSR count). The topological polar surface area (TPSA) is 99.9 Å². The predicted octanol–water partition coefficient (Wildman–Crippen LogP) is 5.17. The quantitative estimate of drug-likeness (QED) is 0.360. The number of amides is 2. The number of imide groups is 1. The smallest absolute Gasteiger partial charge is 0.414 e. The molecule has 182 valence electrons. The van der Waals surface area contributed by atoms with Gasteiger partial charge in [0.15, 0.2) is 17.6 Å². The summed E-state index contributed by atoms with van der Waals surface area (Å²) >= 11 is 0. The van der Waals surface area contributed by atoms with Crippen molar-refractivity contribution in [3.8, 4) is 11.5 Å². The Labute approximate surface area is 203 Å². The van der Waals surface area contributed by atoms with Crippen LogP contribution in [0.5, 0.6) is 11.5 Å². The molecule has 0 bridgehead atoms. The third-order valence-electron chi connectivity index (χ3n) is 5.42. The van der Waals surface area contributed by atoms with E-state index in [1.807, 2.05) is 67.6 Å². The molecule has 1 atom stereocenters. The highest BCUT2D eigenvalue weighted by Crippen LogP contribution is 2.30. The molecule has 2 heterocycles. The Kier molecular flexibility index (Phi) is 8.17. The fraction of sp³-hybridized carbons (Fsp3) is 0.296. The molecule has 2 amide bonds. The maximum Gasteiger partial charge on any atom is 0.414 e. The van der Waals surface area contributed by atoms with Crippen LogP contribution in [0.25, 0.3) is 12.2 Å². The summed E-state index contributed by atoms with van der Waals surface area (Å²) in [6.45, 7) is 2.69. The Morgan fingerprint density at radius 2 is 1.89 bits per heavy atom. The number of hydrogen-bond donors (Lipinski definition) is 1. The second kappa shape index (κ2) is 11.9. The summed E-state index contributed by atoms with van der Waals surface area (Å²) in [7, 11) is 0. The number of hydrogen-bond acceptors (Lipinski definition) is 7. The van der Waals surface area contributed by atoms with Gasteiger partial charge in [0.1, 0.15) is 18.6 Å². The molecule has 1 aliphatic heterocycles. The number of nitrogens with zero attached hydrogens (tertiary/aromatic N) is 1. The Morgan fingerprint density at radius 1 is 1.03 bits per heavy atom. The van der Waals surface area contributed by atoms with Crippen LogP contribution in [-0.4, -0.2) is 29.7 Å². The molecule has 0 spiro atoms. The van der Waals surface area contributed by atoms with Crippen LogP contribution in [0, 0.1) is 0 Å². The van der Waals surface area contributed by atoms with E-state index < -0.39 is 12.2 Å². The number of oxazole rings is 1. The Morgan fingerprint density at radius 3 is 2.66 bits per heavy atom. The molecule has 1 saturated heterocycles. The molecule has 1 aliphatic rings. The van der Waals surface area contributed by atoms with Gasteiger partial charge in [0, 0.05) is 6.08 Å². The zero-order chi connectivity index (χ0) is 24.5. The minimum absolute atomic E-state index is 0.254. The number of carbonyl (C=O) groups excluding carboxylic acids is 2. The molecule has 0 saturated carbocycles. The van der Waals surface area contributed by atoms with Crippen molar-refractivity contribution in [3.05, 3.63) is 77.5 Å². The highest BCUT2D eigenvalue weighted by molar-refractivity contribution is 5.99. The van der Waals surface area contributed by atoms with Crippen molar-refractivity contribution in [1.82, 2.24) is 10.3 Å². The van der Waals surface area contributed by atoms with E-state index in [0.29, 0.717) is 36.1 Å². The van der Waals surface area contributed by atoms with Crippen molar-refractivity contribution in [2.75, 3.05) is 6.61 Å². The number of cyclic esters (lactones) is 1. The van der Waals surface area contributed by atoms with Gasteiger partial charge in [0.2, 0.25) is 5.89 Å². The maximum atomic E-state index is 11.6. The lowest BCUT2D eigenvalue weighted by Crippen LogP contribution is -2.24. The Hall–Kier alpha value is -4.07. The van der Waals surface area contributed by atoms with Gasteiger partial charge >= 0.3 is 6.09 Å². The standard InChI is InChI=1S/C27H28N2O6/c1-2-32-24-16-20(10-6-7-11-23-26(30)29-27(31)35-23)12-14-22(24)33-17-21-18-34-25(28-21)15-13-19-8-4-3-5-9-19/h3-5,8-9,12-16,18,23H,2,6-7,10-11,17H2,1H3,(H,29,30,31)/b15-13+. The molecular weight excluding hydrogens is 448 g/mol. The molecule has 2 aromatic carbocycles. The monoisotopic (exact) mass is 476 g/mol. The zero-order valence-electron chi connectivity index (χ0n) is 19.6. The second-order valence-corrected chi connectivity index (χ2v) is 8.05. The predicted molar refractivity (Wildman–Crippen MR) is 130 cm³/mol. The van der Waals surface area contributed by atoms with Gasteiger partial charge in [-0.15, -0.1) is 0 Å². The molecule has 35 heavy (non-hydrogen) atoms. The van der Waals surface area contributed by atoms with Crippen LogP contribution in [-0.2, 0) is 22.6 Å². The number of aryl methyl sites for hydroxylation is 1. The molecular formula is C27H28N2O6. The molecule has 8 nitrogen and oxygen atoms in total. The molecule has 0 radical (unpaired) electrons. The van der Waals surface area contributed by atoms with Crippen LogP contribution >= 0.6 is 0 Å². The molecule has 1 unspecified atom stereocenters. The summed E-state index contributed by atoms with van der Waals surface area (Å²) in [5.41, 5.74) is 2.85. The van der Waals surface area contributed by atoms with Crippen LogP contribution in [0.4, 0.5) is 4.79 Å². The van der Waals surface area contributed by atoms with E-state index in [9.17, 15) is 9.59 Å². The summed E-state index contributed by atoms with van der Waals surface area (Å²) in [4.78, 5) is 27.1. The van der Waals surface area contributed by atoms with E-state index >= 15 is 0 Å². The van der Waals surface area contributed by atoms with Crippen LogP contribution in [0.15, 0.2) is 59.2 Å². The van der Waals surface area contributed by atoms with Crippen molar-refractivity contribution >= 4 is 24.2 Å². The van der Waals surface area contributed by atoms with E-state index in [4.69, 9.17) is 18.6 Å². The van der Waals surface area contributed by atoms with Gasteiger partial charge in [-0.05, 0) is 61.9 Å². The summed E-state index contributed by atoms with van der Waals surface area (Å²) in [5, 5.41) is 2.15. The zero-order valence-corrected chi connectivity index (χ0v) is 19.6. The Balaban J connectivity index is 1.28. The van der Waals surface area contributed by atoms with E-state index in [2.05, 4.69) is 10.3 Å². The second-order valence-electron chi connectivity index (χ2n) is 8.05. The average Bonchev–Trinajstić information content (AvgIpc) is 3.45. The van der Waals surface area contributed by atoms with E-state index in [1.54, 1.807) is 6.26 Å². The lowest BCUT2D eigenvalue weighted by molar-refractivity contribution is -0.123. The lowest BCUT2D eigenvalue weighted by atomic mass is 10.0. The van der Waals surface area contributed by atoms with Crippen molar-refractivity contribution < 1.29 is 28.2 Å². The summed E-state index contributed by atoms with van der Waals surface area (Å²) in [5.74, 6) is 1.45. The fourth-order valence-electron chi connectivity index (χ4n) is 3.69. The largest absolute Gasteiger partial charge is 0.490 e. The third-order valence-corrected chi connectivity index (χ3v) is 5.42. The van der Waals surface area contributed by atoms with Crippen molar-refractivity contribution in [2.24, 2.45) is 0 Å². The molecule has 0 aliphatic carbocycles. The molecule has 1 aromatic heterocycles. The van der Waals surface area contributed by atoms with Gasteiger partial charge < -0.3 is 18.6 Å². The van der Waals surface area contributed by atoms with E-state index in [1.165, 1.54) is 0 Å². The van der Waals surface area contributed by atoms with Crippen molar-refractivity contribution in [1.29, 1.82) is 0 Å². The number of nitrogens with one attached hydrogen (secondary N) is 1. The molecule has 1 N–H and O–H groups in total. The number of unbranched alkanes of at least 4 members (excludes halogenated alkanes) is 1. The molecule has 1 fully saturated rings. The highest BCUT2D eigenvalue weighted by Gasteiger charge is 2.31. The SMILES string of the molecule is CCOc1cc(CCCCC2OC(=O)NC2=O)ccc1OCc1coc(/C=C/c2ccccc2)n1. The number of alkyl carbamates (subject to hydrolysis) is 1. The fourth-order valence-corrected chi connectivity index (χ4v) is 3.69. The number of rotatable bonds is 12. The first-order valence-corrected chi connectivity index (χ1v) is 11.7. The van der Waals surface area contributed by atoms with E-state index in [-0.39, 0.29) is 12.5 Å². The number of aromatic nitrogens is 1. The van der Waals surface area contributed by atoms with Gasteiger partial charge in [-0.1, -0.05) is 36.4 Å². The third kappa shape index (κ3) is 6.96. The summed E-state index contributed by atoms with van der Waals surface area (Å²) in [6, 6.07) is 15.8. The van der Waals surface area contributed by atoms with Gasteiger partial charge in [-0.3, -0.25) is 10.1 Å². The normalized spacial score (nSPS) is 15.3. The van der Waals surface area contributed by atoms with Crippen LogP contribution < -0.4 is 14.8 Å². The number of benzene rings is 2. The first-order chi connectivity index (χ1) is 17.1. The molecule has 3 aromatic rings. The Bertz CT molecular complexity index is 1170. The number of ether oxygens (including phenoxy) is 3. The van der Waals surface area contributed by atoms with Crippen LogP contribution in [0.1, 0.15) is 48.9 Å². The van der Waals surface area contributed by atoms with Crippen molar-refractivity contribution in [2.45, 2.75) is 45.3 Å².